The first-order chi connectivity index (χ1) is 9.29. The van der Waals surface area contributed by atoms with Gasteiger partial charge in [0.05, 0.1) is 22.0 Å². The van der Waals surface area contributed by atoms with Gasteiger partial charge in [0.15, 0.2) is 0 Å². The van der Waals surface area contributed by atoms with Gasteiger partial charge in [-0.2, -0.15) is 18.4 Å². The van der Waals surface area contributed by atoms with Gasteiger partial charge in [0, 0.05) is 6.42 Å². The van der Waals surface area contributed by atoms with Gasteiger partial charge in [0.2, 0.25) is 0 Å². The van der Waals surface area contributed by atoms with E-state index >= 15 is 0 Å². The number of nitrogens with zero attached hydrogens (tertiary/aromatic N) is 1. The summed E-state index contributed by atoms with van der Waals surface area (Å²) in [6.45, 7) is 1.87. The second-order valence-electron chi connectivity index (χ2n) is 4.37. The zero-order valence-electron chi connectivity index (χ0n) is 10.8. The lowest BCUT2D eigenvalue weighted by Gasteiger charge is -2.12. The molecule has 20 heavy (non-hydrogen) atoms. The Balaban J connectivity index is 2.97. The number of Topliss-reactive ketones (excluding diaryl/α,β-unsaturated/α-hetero) is 1. The predicted octanol–water partition coefficient (Wildman–Crippen LogP) is 4.25. The van der Waals surface area contributed by atoms with Gasteiger partial charge in [-0.05, 0) is 30.5 Å². The van der Waals surface area contributed by atoms with Crippen LogP contribution in [0, 0.1) is 11.3 Å². The van der Waals surface area contributed by atoms with E-state index in [2.05, 4.69) is 15.9 Å². The molecule has 0 spiro atoms. The van der Waals surface area contributed by atoms with E-state index < -0.39 is 16.6 Å². The first-order valence-corrected chi connectivity index (χ1v) is 6.98. The first-order valence-electron chi connectivity index (χ1n) is 6.06. The molecule has 2 nitrogen and oxygen atoms in total. The summed E-state index contributed by atoms with van der Waals surface area (Å²) in [7, 11) is 0. The monoisotopic (exact) mass is 347 g/mol. The minimum Gasteiger partial charge on any atom is -0.298 e. The fourth-order valence-electron chi connectivity index (χ4n) is 1.74. The normalized spacial score (nSPS) is 12.8. The molecule has 108 valence electrons. The molecule has 0 bridgehead atoms. The molecule has 0 amide bonds. The van der Waals surface area contributed by atoms with Crippen LogP contribution in [0.3, 0.4) is 0 Å². The number of alkyl halides is 4. The highest BCUT2D eigenvalue weighted by atomic mass is 79.9. The van der Waals surface area contributed by atoms with Gasteiger partial charge in [-0.1, -0.05) is 28.9 Å². The van der Waals surface area contributed by atoms with Gasteiger partial charge in [-0.15, -0.1) is 0 Å². The van der Waals surface area contributed by atoms with Crippen LogP contribution in [0.25, 0.3) is 0 Å². The van der Waals surface area contributed by atoms with Crippen molar-refractivity contribution < 1.29 is 18.0 Å². The third-order valence-corrected chi connectivity index (χ3v) is 3.64. The van der Waals surface area contributed by atoms with Crippen molar-refractivity contribution in [2.45, 2.75) is 37.2 Å². The number of rotatable bonds is 5. The largest absolute Gasteiger partial charge is 0.416 e. The van der Waals surface area contributed by atoms with Crippen LogP contribution in [-0.2, 0) is 17.4 Å². The van der Waals surface area contributed by atoms with Crippen LogP contribution in [0.1, 0.15) is 36.5 Å². The molecule has 0 N–H and O–H groups in total. The molecular weight excluding hydrogens is 335 g/mol. The van der Waals surface area contributed by atoms with E-state index in [1.54, 1.807) is 6.07 Å². The Labute approximate surface area is 123 Å². The lowest BCUT2D eigenvalue weighted by atomic mass is 9.98. The fourth-order valence-corrected chi connectivity index (χ4v) is 2.32. The SMILES string of the molecule is CCCC(=O)C(Br)Cc1ccc(C(F)(F)F)cc1C#N. The molecule has 1 aromatic carbocycles. The summed E-state index contributed by atoms with van der Waals surface area (Å²) in [6.07, 6.45) is -3.16. The van der Waals surface area contributed by atoms with Crippen molar-refractivity contribution in [2.75, 3.05) is 0 Å². The molecule has 1 atom stereocenters. The van der Waals surface area contributed by atoms with Gasteiger partial charge in [0.25, 0.3) is 0 Å². The molecule has 6 heteroatoms. The van der Waals surface area contributed by atoms with Crippen molar-refractivity contribution in [3.8, 4) is 6.07 Å². The molecule has 0 aliphatic carbocycles. The Hall–Kier alpha value is -1.35. The van der Waals surface area contributed by atoms with Crippen molar-refractivity contribution in [2.24, 2.45) is 0 Å². The zero-order chi connectivity index (χ0) is 15.3. The number of carbonyl (C=O) groups excluding carboxylic acids is 1. The summed E-state index contributed by atoms with van der Waals surface area (Å²) in [5.41, 5.74) is -0.468. The molecule has 0 fully saturated rings. The van der Waals surface area contributed by atoms with Crippen LogP contribution >= 0.6 is 15.9 Å². The average molecular weight is 348 g/mol. The lowest BCUT2D eigenvalue weighted by molar-refractivity contribution is -0.137. The molecule has 0 aromatic heterocycles. The van der Waals surface area contributed by atoms with E-state index in [4.69, 9.17) is 5.26 Å². The number of hydrogen-bond acceptors (Lipinski definition) is 2. The van der Waals surface area contributed by atoms with E-state index in [0.717, 1.165) is 12.1 Å². The molecular formula is C14H13BrF3NO. The van der Waals surface area contributed by atoms with Crippen LogP contribution < -0.4 is 0 Å². The quantitative estimate of drug-likeness (QED) is 0.747. The van der Waals surface area contributed by atoms with Crippen molar-refractivity contribution in [3.63, 3.8) is 0 Å². The molecule has 0 aliphatic heterocycles. The van der Waals surface area contributed by atoms with Crippen molar-refractivity contribution in [1.82, 2.24) is 0 Å². The summed E-state index contributed by atoms with van der Waals surface area (Å²) >= 11 is 3.22. The maximum atomic E-state index is 12.6. The van der Waals surface area contributed by atoms with E-state index in [1.807, 2.05) is 6.92 Å². The maximum Gasteiger partial charge on any atom is 0.416 e. The number of carbonyl (C=O) groups is 1. The van der Waals surface area contributed by atoms with Crippen LogP contribution in [0.15, 0.2) is 18.2 Å². The summed E-state index contributed by atoms with van der Waals surface area (Å²) < 4.78 is 37.7. The van der Waals surface area contributed by atoms with Gasteiger partial charge >= 0.3 is 6.18 Å². The van der Waals surface area contributed by atoms with Crippen molar-refractivity contribution in [3.05, 3.63) is 34.9 Å². The van der Waals surface area contributed by atoms with Gasteiger partial charge in [0.1, 0.15) is 5.78 Å². The summed E-state index contributed by atoms with van der Waals surface area (Å²) in [6, 6.07) is 4.76. The summed E-state index contributed by atoms with van der Waals surface area (Å²) in [4.78, 5) is 11.2. The number of nitriles is 1. The van der Waals surface area contributed by atoms with Crippen molar-refractivity contribution in [1.29, 1.82) is 5.26 Å². The van der Waals surface area contributed by atoms with Crippen LogP contribution in [-0.4, -0.2) is 10.6 Å². The molecule has 1 unspecified atom stereocenters. The third-order valence-electron chi connectivity index (χ3n) is 2.80. The molecule has 0 heterocycles. The second-order valence-corrected chi connectivity index (χ2v) is 5.47. The third kappa shape index (κ3) is 4.34. The van der Waals surface area contributed by atoms with Gasteiger partial charge in [-0.3, -0.25) is 4.79 Å². The van der Waals surface area contributed by atoms with E-state index in [9.17, 15) is 18.0 Å². The Bertz CT molecular complexity index is 534. The second kappa shape index (κ2) is 6.89. The van der Waals surface area contributed by atoms with Crippen molar-refractivity contribution >= 4 is 21.7 Å². The number of benzene rings is 1. The molecule has 0 radical (unpaired) electrons. The predicted molar refractivity (Wildman–Crippen MR) is 72.5 cm³/mol. The average Bonchev–Trinajstić information content (AvgIpc) is 2.38. The van der Waals surface area contributed by atoms with Crippen LogP contribution in [0.5, 0.6) is 0 Å². The van der Waals surface area contributed by atoms with E-state index in [0.29, 0.717) is 18.4 Å². The summed E-state index contributed by atoms with van der Waals surface area (Å²) in [5, 5.41) is 8.95. The standard InChI is InChI=1S/C14H13BrF3NO/c1-2-3-13(20)12(15)7-9-4-5-11(14(16,17)18)6-10(9)8-19/h4-6,12H,2-3,7H2,1H3. The topological polar surface area (TPSA) is 40.9 Å². The highest BCUT2D eigenvalue weighted by molar-refractivity contribution is 9.10. The van der Waals surface area contributed by atoms with E-state index in [-0.39, 0.29) is 17.8 Å². The Morgan fingerprint density at radius 3 is 2.60 bits per heavy atom. The Morgan fingerprint density at radius 1 is 1.45 bits per heavy atom. The van der Waals surface area contributed by atoms with E-state index in [1.165, 1.54) is 6.07 Å². The molecule has 1 rings (SSSR count). The first kappa shape index (κ1) is 16.7. The number of hydrogen-bond donors (Lipinski definition) is 0. The minimum absolute atomic E-state index is 0.0173. The number of halogens is 4. The Kier molecular flexibility index (Phi) is 5.75. The molecule has 0 saturated heterocycles. The molecule has 0 saturated carbocycles. The Morgan fingerprint density at radius 2 is 2.10 bits per heavy atom. The zero-order valence-corrected chi connectivity index (χ0v) is 12.4. The van der Waals surface area contributed by atoms with Gasteiger partial charge < -0.3 is 0 Å². The fraction of sp³-hybridized carbons (Fsp3) is 0.429. The highest BCUT2D eigenvalue weighted by Gasteiger charge is 2.31. The maximum absolute atomic E-state index is 12.6. The highest BCUT2D eigenvalue weighted by Crippen LogP contribution is 2.31. The molecule has 1 aromatic rings. The number of ketones is 1. The van der Waals surface area contributed by atoms with Crippen LogP contribution in [0.2, 0.25) is 0 Å². The molecule has 0 aliphatic rings. The minimum atomic E-state index is -4.48. The summed E-state index contributed by atoms with van der Waals surface area (Å²) in [5.74, 6) is -0.0173. The van der Waals surface area contributed by atoms with Gasteiger partial charge in [-0.25, -0.2) is 0 Å². The van der Waals surface area contributed by atoms with Crippen LogP contribution in [0.4, 0.5) is 13.2 Å². The smallest absolute Gasteiger partial charge is 0.298 e. The lowest BCUT2D eigenvalue weighted by Crippen LogP contribution is -2.17.